The predicted molar refractivity (Wildman–Crippen MR) is 114 cm³/mol. The van der Waals surface area contributed by atoms with Crippen LogP contribution in [0, 0.1) is 27.7 Å². The summed E-state index contributed by atoms with van der Waals surface area (Å²) in [6, 6.07) is 17.5. The number of hydrogen-bond donors (Lipinski definition) is 0. The molecule has 0 amide bonds. The van der Waals surface area contributed by atoms with Crippen LogP contribution in [0.5, 0.6) is 0 Å². The second-order valence-corrected chi connectivity index (χ2v) is 5.89. The number of aromatic nitrogens is 5. The maximum atomic E-state index is 3.98. The molecule has 0 N–H and O–H groups in total. The lowest BCUT2D eigenvalue weighted by Crippen LogP contribution is -1.79. The number of pyridine rings is 3. The van der Waals surface area contributed by atoms with Gasteiger partial charge in [-0.2, -0.15) is 10.2 Å². The minimum atomic E-state index is 0.961. The maximum absolute atomic E-state index is 3.98. The molecule has 0 aliphatic heterocycles. The molecule has 0 bridgehead atoms. The second kappa shape index (κ2) is 14.7. The Morgan fingerprint density at radius 2 is 1.25 bits per heavy atom. The summed E-state index contributed by atoms with van der Waals surface area (Å²) < 4.78 is 0. The molecule has 28 heavy (non-hydrogen) atoms. The van der Waals surface area contributed by atoms with E-state index in [1.165, 1.54) is 11.1 Å². The Bertz CT molecular complexity index is 689. The minimum absolute atomic E-state index is 0.961. The van der Waals surface area contributed by atoms with E-state index in [0.717, 1.165) is 11.4 Å². The molecule has 4 aromatic rings. The van der Waals surface area contributed by atoms with Crippen LogP contribution >= 0.6 is 0 Å². The minimum Gasteiger partial charge on any atom is -0.265 e. The summed E-state index contributed by atoms with van der Waals surface area (Å²) in [5.74, 6) is 0. The molecule has 5 nitrogen and oxygen atoms in total. The maximum Gasteiger partial charge on any atom is 0.0600 e. The molecule has 4 aromatic heterocycles. The summed E-state index contributed by atoms with van der Waals surface area (Å²) >= 11 is 0. The first-order valence-electron chi connectivity index (χ1n) is 8.93. The predicted octanol–water partition coefficient (Wildman–Crippen LogP) is 4.96. The van der Waals surface area contributed by atoms with Crippen molar-refractivity contribution < 1.29 is 0 Å². The molecular weight excluding hydrogens is 346 g/mol. The Kier molecular flexibility index (Phi) is 11.8. The molecule has 4 rings (SSSR count). The van der Waals surface area contributed by atoms with E-state index in [0.29, 0.717) is 0 Å². The third-order valence-corrected chi connectivity index (χ3v) is 3.17. The monoisotopic (exact) mass is 373 g/mol. The van der Waals surface area contributed by atoms with Crippen LogP contribution in [0.4, 0.5) is 0 Å². The van der Waals surface area contributed by atoms with Crippen molar-refractivity contribution in [3.63, 3.8) is 0 Å². The fourth-order valence-corrected chi connectivity index (χ4v) is 1.70. The fourth-order valence-electron chi connectivity index (χ4n) is 1.70. The van der Waals surface area contributed by atoms with Gasteiger partial charge in [-0.25, -0.2) is 0 Å². The van der Waals surface area contributed by atoms with Crippen LogP contribution in [0.25, 0.3) is 0 Å². The standard InChI is InChI=1S/3C6H7N.C5H6N2/c1-6-2-4-7-5-3-6;1-6-3-2-4-7-5-6;1-6-4-2-3-5-7-6;1-5-3-2-4-6-7-5/h3*2-5H,1H3;2-4H,1H3. The molecule has 0 aliphatic rings. The topological polar surface area (TPSA) is 64.5 Å². The third-order valence-electron chi connectivity index (χ3n) is 3.17. The van der Waals surface area contributed by atoms with Crippen molar-refractivity contribution in [2.75, 3.05) is 0 Å². The van der Waals surface area contributed by atoms with E-state index in [1.807, 2.05) is 88.5 Å². The SMILES string of the molecule is Cc1ccccn1.Cc1cccnc1.Cc1cccnn1.Cc1ccncc1. The van der Waals surface area contributed by atoms with E-state index >= 15 is 0 Å². The quantitative estimate of drug-likeness (QED) is 0.436. The van der Waals surface area contributed by atoms with Gasteiger partial charge in [0.05, 0.1) is 5.69 Å². The van der Waals surface area contributed by atoms with E-state index in [2.05, 4.69) is 25.1 Å². The van der Waals surface area contributed by atoms with Crippen LogP contribution in [-0.4, -0.2) is 25.1 Å². The van der Waals surface area contributed by atoms with E-state index in [9.17, 15) is 0 Å². The highest BCUT2D eigenvalue weighted by Crippen LogP contribution is 1.89. The molecule has 0 aliphatic carbocycles. The second-order valence-electron chi connectivity index (χ2n) is 5.89. The Labute approximate surface area is 167 Å². The Hall–Kier alpha value is -3.47. The molecule has 0 aromatic carbocycles. The van der Waals surface area contributed by atoms with E-state index in [4.69, 9.17) is 0 Å². The van der Waals surface area contributed by atoms with Crippen molar-refractivity contribution in [3.8, 4) is 0 Å². The Morgan fingerprint density at radius 3 is 1.54 bits per heavy atom. The van der Waals surface area contributed by atoms with Gasteiger partial charge in [0.25, 0.3) is 0 Å². The van der Waals surface area contributed by atoms with Crippen LogP contribution in [0.3, 0.4) is 0 Å². The molecular formula is C23H27N5. The van der Waals surface area contributed by atoms with Gasteiger partial charge in [-0.15, -0.1) is 0 Å². The average molecular weight is 374 g/mol. The molecule has 0 radical (unpaired) electrons. The molecule has 0 saturated carbocycles. The van der Waals surface area contributed by atoms with Gasteiger partial charge in [0.2, 0.25) is 0 Å². The van der Waals surface area contributed by atoms with Crippen molar-refractivity contribution in [2.24, 2.45) is 0 Å². The van der Waals surface area contributed by atoms with Crippen LogP contribution in [0.1, 0.15) is 22.5 Å². The highest BCUT2D eigenvalue weighted by Gasteiger charge is 1.75. The highest BCUT2D eigenvalue weighted by molar-refractivity contribution is 5.06. The van der Waals surface area contributed by atoms with Gasteiger partial charge in [0.1, 0.15) is 0 Å². The zero-order chi connectivity index (χ0) is 20.5. The largest absolute Gasteiger partial charge is 0.265 e. The van der Waals surface area contributed by atoms with Gasteiger partial charge in [0.15, 0.2) is 0 Å². The molecule has 144 valence electrons. The van der Waals surface area contributed by atoms with Gasteiger partial charge in [-0.1, -0.05) is 12.1 Å². The van der Waals surface area contributed by atoms with Crippen LogP contribution in [0.2, 0.25) is 0 Å². The first-order valence-corrected chi connectivity index (χ1v) is 8.93. The summed E-state index contributed by atoms with van der Waals surface area (Å²) in [5.41, 5.74) is 4.50. The first-order chi connectivity index (χ1) is 13.6. The Balaban J connectivity index is 0.000000187. The summed E-state index contributed by atoms with van der Waals surface area (Å²) in [4.78, 5) is 11.7. The van der Waals surface area contributed by atoms with Crippen molar-refractivity contribution in [2.45, 2.75) is 27.7 Å². The molecule has 4 heterocycles. The lowest BCUT2D eigenvalue weighted by molar-refractivity contribution is 0.980. The molecule has 0 spiro atoms. The zero-order valence-corrected chi connectivity index (χ0v) is 16.9. The summed E-state index contributed by atoms with van der Waals surface area (Å²) in [5, 5.41) is 7.36. The van der Waals surface area contributed by atoms with Crippen molar-refractivity contribution in [1.29, 1.82) is 0 Å². The van der Waals surface area contributed by atoms with Crippen LogP contribution in [-0.2, 0) is 0 Å². The van der Waals surface area contributed by atoms with Gasteiger partial charge in [-0.05, 0) is 81.3 Å². The molecule has 5 heteroatoms. The normalized spacial score (nSPS) is 8.71. The third kappa shape index (κ3) is 12.8. The van der Waals surface area contributed by atoms with E-state index in [1.54, 1.807) is 31.0 Å². The highest BCUT2D eigenvalue weighted by atomic mass is 15.1. The molecule has 0 fully saturated rings. The zero-order valence-electron chi connectivity index (χ0n) is 16.9. The van der Waals surface area contributed by atoms with Gasteiger partial charge in [0, 0.05) is 42.9 Å². The Morgan fingerprint density at radius 1 is 0.536 bits per heavy atom. The van der Waals surface area contributed by atoms with E-state index in [-0.39, 0.29) is 0 Å². The van der Waals surface area contributed by atoms with E-state index < -0.39 is 0 Å². The lowest BCUT2D eigenvalue weighted by atomic mass is 10.3. The molecule has 0 unspecified atom stereocenters. The first kappa shape index (κ1) is 22.6. The summed E-state index contributed by atoms with van der Waals surface area (Å²) in [6.07, 6.45) is 10.6. The van der Waals surface area contributed by atoms with Crippen molar-refractivity contribution in [3.05, 3.63) is 114 Å². The van der Waals surface area contributed by atoms with Gasteiger partial charge < -0.3 is 0 Å². The molecule has 0 atom stereocenters. The number of nitrogens with zero attached hydrogens (tertiary/aromatic N) is 5. The van der Waals surface area contributed by atoms with Crippen LogP contribution in [0.15, 0.2) is 91.8 Å². The summed E-state index contributed by atoms with van der Waals surface area (Å²) in [6.45, 7) is 7.95. The number of hydrogen-bond acceptors (Lipinski definition) is 5. The van der Waals surface area contributed by atoms with Gasteiger partial charge in [-0.3, -0.25) is 15.0 Å². The number of rotatable bonds is 0. The molecule has 0 saturated heterocycles. The smallest absolute Gasteiger partial charge is 0.0600 e. The van der Waals surface area contributed by atoms with Crippen molar-refractivity contribution >= 4 is 0 Å². The van der Waals surface area contributed by atoms with Crippen molar-refractivity contribution in [1.82, 2.24) is 25.1 Å². The van der Waals surface area contributed by atoms with Gasteiger partial charge >= 0.3 is 0 Å². The number of aryl methyl sites for hydroxylation is 4. The van der Waals surface area contributed by atoms with Crippen LogP contribution < -0.4 is 0 Å². The summed E-state index contributed by atoms with van der Waals surface area (Å²) in [7, 11) is 0. The lowest BCUT2D eigenvalue weighted by Gasteiger charge is -1.82. The average Bonchev–Trinajstić information content (AvgIpc) is 2.72. The fraction of sp³-hybridized carbons (Fsp3) is 0.174.